The highest BCUT2D eigenvalue weighted by molar-refractivity contribution is 5.84. The Morgan fingerprint density at radius 3 is 2.82 bits per heavy atom. The summed E-state index contributed by atoms with van der Waals surface area (Å²) in [6.45, 7) is 1.94. The molecule has 122 valence electrons. The van der Waals surface area contributed by atoms with Crippen molar-refractivity contribution in [1.29, 1.82) is 0 Å². The van der Waals surface area contributed by atoms with Gasteiger partial charge >= 0.3 is 6.09 Å². The summed E-state index contributed by atoms with van der Waals surface area (Å²) in [5.74, 6) is -0.0735. The zero-order valence-electron chi connectivity index (χ0n) is 13.3. The Balaban J connectivity index is 1.91. The largest absolute Gasteiger partial charge is 0.446 e. The van der Waals surface area contributed by atoms with Crippen molar-refractivity contribution in [2.75, 3.05) is 12.4 Å². The molecule has 4 nitrogen and oxygen atoms in total. The van der Waals surface area contributed by atoms with Crippen molar-refractivity contribution in [3.8, 4) is 0 Å². The lowest BCUT2D eigenvalue weighted by molar-refractivity contribution is 0.0666. The van der Waals surface area contributed by atoms with E-state index >= 15 is 0 Å². The maximum Gasteiger partial charge on any atom is 0.411 e. The predicted octanol–water partition coefficient (Wildman–Crippen LogP) is 3.93. The summed E-state index contributed by atoms with van der Waals surface area (Å²) in [4.78, 5) is 12.0. The molecule has 1 aliphatic rings. The second-order valence-electron chi connectivity index (χ2n) is 5.94. The first-order valence-electron chi connectivity index (χ1n) is 8.00. The maximum absolute atomic E-state index is 13.1. The van der Waals surface area contributed by atoms with Crippen LogP contribution in [0.15, 0.2) is 24.3 Å². The Morgan fingerprint density at radius 2 is 2.09 bits per heavy atom. The summed E-state index contributed by atoms with van der Waals surface area (Å²) in [6.07, 6.45) is 5.07. The molecule has 0 aliphatic heterocycles. The fraction of sp³-hybridized carbons (Fsp3) is 0.588. The van der Waals surface area contributed by atoms with Gasteiger partial charge in [-0.25, -0.2) is 9.18 Å². The van der Waals surface area contributed by atoms with E-state index in [2.05, 4.69) is 10.6 Å². The van der Waals surface area contributed by atoms with Gasteiger partial charge in [-0.2, -0.15) is 0 Å². The molecule has 0 spiro atoms. The number of nitrogens with one attached hydrogen (secondary N) is 2. The van der Waals surface area contributed by atoms with Gasteiger partial charge in [0, 0.05) is 17.6 Å². The molecule has 1 saturated carbocycles. The monoisotopic (exact) mass is 308 g/mol. The SMILES string of the molecule is CNC1CCCCCC1C(C)OC(=O)Nc1cccc(F)c1. The molecule has 0 saturated heterocycles. The summed E-state index contributed by atoms with van der Waals surface area (Å²) in [6, 6.07) is 6.17. The Kier molecular flexibility index (Phi) is 6.19. The number of rotatable bonds is 4. The van der Waals surface area contributed by atoms with Gasteiger partial charge in [-0.1, -0.05) is 25.3 Å². The normalized spacial score (nSPS) is 23.4. The summed E-state index contributed by atoms with van der Waals surface area (Å²) in [5.41, 5.74) is 0.406. The van der Waals surface area contributed by atoms with Gasteiger partial charge in [-0.15, -0.1) is 0 Å². The summed E-state index contributed by atoms with van der Waals surface area (Å²) >= 11 is 0. The van der Waals surface area contributed by atoms with Crippen molar-refractivity contribution in [3.05, 3.63) is 30.1 Å². The molecule has 3 atom stereocenters. The van der Waals surface area contributed by atoms with E-state index in [1.165, 1.54) is 31.4 Å². The highest BCUT2D eigenvalue weighted by Crippen LogP contribution is 2.27. The van der Waals surface area contributed by atoms with Gasteiger partial charge in [0.25, 0.3) is 0 Å². The quantitative estimate of drug-likeness (QED) is 0.829. The van der Waals surface area contributed by atoms with Crippen LogP contribution in [0, 0.1) is 11.7 Å². The van der Waals surface area contributed by atoms with Crippen LogP contribution in [0.5, 0.6) is 0 Å². The maximum atomic E-state index is 13.1. The number of ether oxygens (including phenoxy) is 1. The molecule has 0 radical (unpaired) electrons. The van der Waals surface area contributed by atoms with E-state index in [-0.39, 0.29) is 11.9 Å². The molecule has 3 unspecified atom stereocenters. The molecule has 5 heteroatoms. The fourth-order valence-corrected chi connectivity index (χ4v) is 3.23. The van der Waals surface area contributed by atoms with Crippen LogP contribution in [-0.4, -0.2) is 25.3 Å². The van der Waals surface area contributed by atoms with Crippen LogP contribution < -0.4 is 10.6 Å². The van der Waals surface area contributed by atoms with Gasteiger partial charge in [0.1, 0.15) is 11.9 Å². The average molecular weight is 308 g/mol. The molecule has 22 heavy (non-hydrogen) atoms. The average Bonchev–Trinajstić information content (AvgIpc) is 2.72. The van der Waals surface area contributed by atoms with Crippen molar-refractivity contribution < 1.29 is 13.9 Å². The molecule has 0 heterocycles. The molecule has 2 rings (SSSR count). The highest BCUT2D eigenvalue weighted by Gasteiger charge is 2.29. The minimum atomic E-state index is -0.530. The number of halogens is 1. The van der Waals surface area contributed by atoms with Crippen LogP contribution >= 0.6 is 0 Å². The van der Waals surface area contributed by atoms with Crippen molar-refractivity contribution in [1.82, 2.24) is 5.32 Å². The summed E-state index contributed by atoms with van der Waals surface area (Å²) < 4.78 is 18.6. The van der Waals surface area contributed by atoms with E-state index in [4.69, 9.17) is 4.74 Å². The molecule has 0 bridgehead atoms. The van der Waals surface area contributed by atoms with Crippen molar-refractivity contribution in [3.63, 3.8) is 0 Å². The molecular weight excluding hydrogens is 283 g/mol. The summed E-state index contributed by atoms with van der Waals surface area (Å²) in [5, 5.41) is 5.92. The molecule has 1 amide bonds. The van der Waals surface area contributed by atoms with Gasteiger partial charge < -0.3 is 10.1 Å². The summed E-state index contributed by atoms with van der Waals surface area (Å²) in [7, 11) is 1.96. The highest BCUT2D eigenvalue weighted by atomic mass is 19.1. The Labute approximate surface area is 131 Å². The molecule has 1 fully saturated rings. The number of hydrogen-bond acceptors (Lipinski definition) is 3. The van der Waals surface area contributed by atoms with Gasteiger partial charge in [0.05, 0.1) is 0 Å². The minimum Gasteiger partial charge on any atom is -0.446 e. The van der Waals surface area contributed by atoms with Crippen LogP contribution in [0.2, 0.25) is 0 Å². The fourth-order valence-electron chi connectivity index (χ4n) is 3.23. The Hall–Kier alpha value is -1.62. The van der Waals surface area contributed by atoms with E-state index in [0.29, 0.717) is 17.6 Å². The van der Waals surface area contributed by atoms with Gasteiger partial charge in [0.15, 0.2) is 0 Å². The third-order valence-corrected chi connectivity index (χ3v) is 4.41. The van der Waals surface area contributed by atoms with Crippen LogP contribution in [0.25, 0.3) is 0 Å². The first-order chi connectivity index (χ1) is 10.6. The predicted molar refractivity (Wildman–Crippen MR) is 85.4 cm³/mol. The number of benzene rings is 1. The van der Waals surface area contributed by atoms with Crippen LogP contribution in [0.4, 0.5) is 14.9 Å². The first-order valence-corrected chi connectivity index (χ1v) is 8.00. The molecular formula is C17H25FN2O2. The van der Waals surface area contributed by atoms with Crippen LogP contribution in [0.1, 0.15) is 39.0 Å². The number of carbonyl (C=O) groups excluding carboxylic acids is 1. The van der Waals surface area contributed by atoms with E-state index in [9.17, 15) is 9.18 Å². The zero-order chi connectivity index (χ0) is 15.9. The molecule has 1 aromatic rings. The molecule has 1 aromatic carbocycles. The second kappa shape index (κ2) is 8.13. The number of hydrogen-bond donors (Lipinski definition) is 2. The van der Waals surface area contributed by atoms with Crippen LogP contribution in [0.3, 0.4) is 0 Å². The van der Waals surface area contributed by atoms with Crippen LogP contribution in [-0.2, 0) is 4.74 Å². The third kappa shape index (κ3) is 4.70. The lowest BCUT2D eigenvalue weighted by Crippen LogP contribution is -2.40. The van der Waals surface area contributed by atoms with Gasteiger partial charge in [-0.3, -0.25) is 5.32 Å². The van der Waals surface area contributed by atoms with E-state index in [1.807, 2.05) is 14.0 Å². The van der Waals surface area contributed by atoms with E-state index in [1.54, 1.807) is 12.1 Å². The van der Waals surface area contributed by atoms with Crippen molar-refractivity contribution >= 4 is 11.8 Å². The first kappa shape index (κ1) is 16.7. The van der Waals surface area contributed by atoms with Gasteiger partial charge in [0.2, 0.25) is 0 Å². The molecule has 1 aliphatic carbocycles. The minimum absolute atomic E-state index is 0.177. The van der Waals surface area contributed by atoms with E-state index in [0.717, 1.165) is 12.8 Å². The number of anilines is 1. The molecule has 0 aromatic heterocycles. The molecule has 2 N–H and O–H groups in total. The van der Waals surface area contributed by atoms with E-state index < -0.39 is 6.09 Å². The lowest BCUT2D eigenvalue weighted by Gasteiger charge is -2.29. The zero-order valence-corrected chi connectivity index (χ0v) is 13.3. The lowest BCUT2D eigenvalue weighted by atomic mass is 9.90. The Bertz CT molecular complexity index is 495. The number of amides is 1. The Morgan fingerprint density at radius 1 is 1.32 bits per heavy atom. The van der Waals surface area contributed by atoms with Gasteiger partial charge in [-0.05, 0) is 45.0 Å². The third-order valence-electron chi connectivity index (χ3n) is 4.41. The topological polar surface area (TPSA) is 50.4 Å². The van der Waals surface area contributed by atoms with Crippen molar-refractivity contribution in [2.24, 2.45) is 5.92 Å². The standard InChI is InChI=1S/C17H25FN2O2/c1-12(15-9-4-3-5-10-16(15)19-2)22-17(21)20-14-8-6-7-13(18)11-14/h6-8,11-12,15-16,19H,3-5,9-10H2,1-2H3,(H,20,21). The van der Waals surface area contributed by atoms with Crippen molar-refractivity contribution in [2.45, 2.75) is 51.2 Å². The second-order valence-corrected chi connectivity index (χ2v) is 5.94. The smallest absolute Gasteiger partial charge is 0.411 e. The number of carbonyl (C=O) groups is 1.